The van der Waals surface area contributed by atoms with Gasteiger partial charge in [-0.2, -0.15) is 0 Å². The summed E-state index contributed by atoms with van der Waals surface area (Å²) in [6.45, 7) is 5.70. The number of hydrogen-bond acceptors (Lipinski definition) is 5. The molecule has 184 valence electrons. The molecule has 2 heterocycles. The Morgan fingerprint density at radius 3 is 2.29 bits per heavy atom. The van der Waals surface area contributed by atoms with E-state index in [0.717, 1.165) is 42.6 Å². The van der Waals surface area contributed by atoms with E-state index in [-0.39, 0.29) is 11.9 Å². The molecule has 0 bridgehead atoms. The average Bonchev–Trinajstić information content (AvgIpc) is 3.29. The van der Waals surface area contributed by atoms with Crippen molar-refractivity contribution in [3.05, 3.63) is 69.7 Å². The molecule has 0 saturated heterocycles. The number of amides is 1. The third-order valence-electron chi connectivity index (χ3n) is 7.09. The molecular formula is C28H32N2O5. The number of allylic oxidation sites excluding steroid dienone is 1. The van der Waals surface area contributed by atoms with Crippen molar-refractivity contribution in [2.24, 2.45) is 0 Å². The largest absolute Gasteiger partial charge is 0.465 e. The smallest absolute Gasteiger partial charge is 0.340 e. The first kappa shape index (κ1) is 24.5. The van der Waals surface area contributed by atoms with Crippen molar-refractivity contribution in [3.8, 4) is 5.69 Å². The van der Waals surface area contributed by atoms with Gasteiger partial charge in [0.2, 0.25) is 0 Å². The third-order valence-corrected chi connectivity index (χ3v) is 7.09. The molecule has 35 heavy (non-hydrogen) atoms. The van der Waals surface area contributed by atoms with Gasteiger partial charge in [0.1, 0.15) is 0 Å². The van der Waals surface area contributed by atoms with E-state index in [1.54, 1.807) is 23.1 Å². The van der Waals surface area contributed by atoms with Crippen LogP contribution in [0.15, 0.2) is 47.2 Å². The zero-order chi connectivity index (χ0) is 25.3. The van der Waals surface area contributed by atoms with Crippen molar-refractivity contribution in [1.29, 1.82) is 0 Å². The first-order chi connectivity index (χ1) is 16.8. The molecular weight excluding hydrogens is 444 g/mol. The van der Waals surface area contributed by atoms with Gasteiger partial charge < -0.3 is 18.9 Å². The second kappa shape index (κ2) is 9.94. The van der Waals surface area contributed by atoms with E-state index >= 15 is 0 Å². The lowest BCUT2D eigenvalue weighted by Crippen LogP contribution is -2.37. The molecule has 2 aliphatic rings. The minimum atomic E-state index is -0.509. The summed E-state index contributed by atoms with van der Waals surface area (Å²) < 4.78 is 12.0. The quantitative estimate of drug-likeness (QED) is 0.454. The minimum absolute atomic E-state index is 0.0983. The molecule has 4 rings (SSSR count). The number of nitrogens with zero attached hydrogens (tertiary/aromatic N) is 2. The summed E-state index contributed by atoms with van der Waals surface area (Å²) in [5.41, 5.74) is 5.00. The number of rotatable bonds is 5. The van der Waals surface area contributed by atoms with E-state index in [0.29, 0.717) is 28.1 Å². The molecule has 0 spiro atoms. The second-order valence-electron chi connectivity index (χ2n) is 9.15. The van der Waals surface area contributed by atoms with Gasteiger partial charge in [0.05, 0.1) is 36.6 Å². The summed E-state index contributed by atoms with van der Waals surface area (Å²) in [5, 5.41) is 0. The molecule has 0 atom stereocenters. The molecule has 7 nitrogen and oxygen atoms in total. The molecule has 0 unspecified atom stereocenters. The number of aryl methyl sites for hydroxylation is 1. The number of hydrogen-bond donors (Lipinski definition) is 0. The van der Waals surface area contributed by atoms with Gasteiger partial charge in [0, 0.05) is 23.1 Å². The molecule has 1 aliphatic carbocycles. The van der Waals surface area contributed by atoms with Gasteiger partial charge in [0.25, 0.3) is 5.91 Å². The predicted molar refractivity (Wildman–Crippen MR) is 133 cm³/mol. The van der Waals surface area contributed by atoms with Crippen LogP contribution in [-0.4, -0.2) is 47.6 Å². The fraction of sp³-hybridized carbons (Fsp3) is 0.393. The second-order valence-corrected chi connectivity index (χ2v) is 9.15. The van der Waals surface area contributed by atoms with Crippen LogP contribution in [0.2, 0.25) is 0 Å². The molecule has 1 saturated carbocycles. The van der Waals surface area contributed by atoms with E-state index in [1.165, 1.54) is 20.6 Å². The summed E-state index contributed by atoms with van der Waals surface area (Å²) in [4.78, 5) is 40.6. The van der Waals surface area contributed by atoms with Crippen molar-refractivity contribution >= 4 is 23.9 Å². The number of para-hydroxylation sites is 1. The van der Waals surface area contributed by atoms with Crippen LogP contribution in [0.4, 0.5) is 0 Å². The molecule has 0 N–H and O–H groups in total. The van der Waals surface area contributed by atoms with Gasteiger partial charge in [-0.05, 0) is 63.5 Å². The monoisotopic (exact) mass is 476 g/mol. The lowest BCUT2D eigenvalue weighted by atomic mass is 9.94. The molecule has 1 aromatic carbocycles. The van der Waals surface area contributed by atoms with E-state index in [4.69, 9.17) is 9.47 Å². The van der Waals surface area contributed by atoms with Gasteiger partial charge in [-0.1, -0.05) is 31.4 Å². The molecule has 1 aromatic heterocycles. The maximum absolute atomic E-state index is 13.6. The third kappa shape index (κ3) is 4.31. The highest BCUT2D eigenvalue weighted by Gasteiger charge is 2.40. The van der Waals surface area contributed by atoms with Crippen LogP contribution in [0.5, 0.6) is 0 Å². The Morgan fingerprint density at radius 1 is 0.971 bits per heavy atom. The van der Waals surface area contributed by atoms with Crippen LogP contribution in [0.3, 0.4) is 0 Å². The van der Waals surface area contributed by atoms with Crippen LogP contribution in [0.1, 0.15) is 66.3 Å². The highest BCUT2D eigenvalue weighted by atomic mass is 16.5. The highest BCUT2D eigenvalue weighted by molar-refractivity contribution is 6.16. The SMILES string of the molecule is COC(=O)C1=C(C)N(C2CCCCC2)C(=O)/C1=C\c1cc(C)n(-c2ccccc2C(=O)OC)c1C. The van der Waals surface area contributed by atoms with Crippen LogP contribution >= 0.6 is 0 Å². The summed E-state index contributed by atoms with van der Waals surface area (Å²) >= 11 is 0. The average molecular weight is 477 g/mol. The predicted octanol–water partition coefficient (Wildman–Crippen LogP) is 4.89. The topological polar surface area (TPSA) is 77.8 Å². The van der Waals surface area contributed by atoms with Gasteiger partial charge >= 0.3 is 11.9 Å². The Labute approximate surface area is 206 Å². The zero-order valence-corrected chi connectivity index (χ0v) is 21.0. The number of esters is 2. The van der Waals surface area contributed by atoms with Crippen molar-refractivity contribution in [2.75, 3.05) is 14.2 Å². The maximum Gasteiger partial charge on any atom is 0.340 e. The number of ether oxygens (including phenoxy) is 2. The van der Waals surface area contributed by atoms with E-state index in [9.17, 15) is 14.4 Å². The summed E-state index contributed by atoms with van der Waals surface area (Å²) in [5.74, 6) is -1.09. The minimum Gasteiger partial charge on any atom is -0.465 e. The summed E-state index contributed by atoms with van der Waals surface area (Å²) in [6.07, 6.45) is 6.98. The first-order valence-electron chi connectivity index (χ1n) is 12.0. The van der Waals surface area contributed by atoms with E-state index < -0.39 is 11.9 Å². The standard InChI is InChI=1S/C28H32N2O5/c1-17-15-20(18(2)29(17)24-14-10-9-13-22(24)27(32)34-4)16-23-25(28(33)35-5)19(3)30(26(23)31)21-11-7-6-8-12-21/h9-10,13-16,21H,6-8,11-12H2,1-5H3/b23-16-. The Hall–Kier alpha value is -3.61. The molecule has 1 aliphatic heterocycles. The number of methoxy groups -OCH3 is 2. The molecule has 1 fully saturated rings. The van der Waals surface area contributed by atoms with Crippen molar-refractivity contribution in [2.45, 2.75) is 58.9 Å². The normalized spacial score (nSPS) is 17.9. The first-order valence-corrected chi connectivity index (χ1v) is 12.0. The highest BCUT2D eigenvalue weighted by Crippen LogP contribution is 2.37. The van der Waals surface area contributed by atoms with Gasteiger partial charge in [0.15, 0.2) is 0 Å². The van der Waals surface area contributed by atoms with Crippen LogP contribution in [0, 0.1) is 13.8 Å². The van der Waals surface area contributed by atoms with Crippen LogP contribution in [0.25, 0.3) is 11.8 Å². The van der Waals surface area contributed by atoms with Crippen molar-refractivity contribution < 1.29 is 23.9 Å². The number of carbonyl (C=O) groups excluding carboxylic acids is 3. The number of aromatic nitrogens is 1. The Kier molecular flexibility index (Phi) is 6.96. The van der Waals surface area contributed by atoms with E-state index in [1.807, 2.05) is 43.5 Å². The van der Waals surface area contributed by atoms with Crippen LogP contribution in [-0.2, 0) is 19.1 Å². The lowest BCUT2D eigenvalue weighted by molar-refractivity contribution is -0.136. The Morgan fingerprint density at radius 2 is 1.63 bits per heavy atom. The summed E-state index contributed by atoms with van der Waals surface area (Å²) in [7, 11) is 2.70. The van der Waals surface area contributed by atoms with Gasteiger partial charge in [-0.3, -0.25) is 4.79 Å². The number of carbonyl (C=O) groups is 3. The maximum atomic E-state index is 13.6. The Bertz CT molecular complexity index is 1240. The zero-order valence-electron chi connectivity index (χ0n) is 21.0. The van der Waals surface area contributed by atoms with Crippen molar-refractivity contribution in [3.63, 3.8) is 0 Å². The fourth-order valence-electron chi connectivity index (χ4n) is 5.39. The molecule has 2 aromatic rings. The van der Waals surface area contributed by atoms with Crippen LogP contribution < -0.4 is 0 Å². The molecule has 1 amide bonds. The fourth-order valence-corrected chi connectivity index (χ4v) is 5.39. The lowest BCUT2D eigenvalue weighted by Gasteiger charge is -2.32. The van der Waals surface area contributed by atoms with Gasteiger partial charge in [-0.25, -0.2) is 9.59 Å². The van der Waals surface area contributed by atoms with Gasteiger partial charge in [-0.15, -0.1) is 0 Å². The molecule has 7 heteroatoms. The number of benzene rings is 1. The summed E-state index contributed by atoms with van der Waals surface area (Å²) in [6, 6.07) is 9.29. The van der Waals surface area contributed by atoms with Crippen molar-refractivity contribution in [1.82, 2.24) is 9.47 Å². The molecule has 0 radical (unpaired) electrons. The van der Waals surface area contributed by atoms with E-state index in [2.05, 4.69) is 0 Å². The Balaban J connectivity index is 1.82.